The van der Waals surface area contributed by atoms with Gasteiger partial charge in [0.2, 0.25) is 0 Å². The fraction of sp³-hybridized carbons (Fsp3) is 0.286. The summed E-state index contributed by atoms with van der Waals surface area (Å²) >= 11 is 6.01. The van der Waals surface area contributed by atoms with Gasteiger partial charge in [0.25, 0.3) is 0 Å². The Morgan fingerprint density at radius 1 is 1.11 bits per heavy atom. The van der Waals surface area contributed by atoms with Gasteiger partial charge in [-0.05, 0) is 48.6 Å². The molecule has 3 nitrogen and oxygen atoms in total. The van der Waals surface area contributed by atoms with Crippen molar-refractivity contribution in [1.82, 2.24) is 4.98 Å². The summed E-state index contributed by atoms with van der Waals surface area (Å²) in [5.74, 6) is 0.252. The third-order valence-electron chi connectivity index (χ3n) is 5.19. The third-order valence-corrected chi connectivity index (χ3v) is 5.43. The molecule has 146 valence electrons. The van der Waals surface area contributed by atoms with Crippen molar-refractivity contribution >= 4 is 28.2 Å². The summed E-state index contributed by atoms with van der Waals surface area (Å²) in [4.78, 5) is 3.69. The molecule has 7 heteroatoms. The molecule has 1 aliphatic rings. The van der Waals surface area contributed by atoms with Crippen molar-refractivity contribution in [3.8, 4) is 0 Å². The van der Waals surface area contributed by atoms with Crippen LogP contribution in [0.15, 0.2) is 54.6 Å². The average Bonchev–Trinajstić information content (AvgIpc) is 2.63. The molecule has 1 aromatic heterocycles. The van der Waals surface area contributed by atoms with Crippen molar-refractivity contribution in [3.63, 3.8) is 0 Å². The maximum Gasteiger partial charge on any atom is 0.433 e. The minimum atomic E-state index is -4.56. The van der Waals surface area contributed by atoms with E-state index < -0.39 is 17.5 Å². The maximum atomic E-state index is 13.2. The van der Waals surface area contributed by atoms with Crippen LogP contribution in [0.2, 0.25) is 5.02 Å². The molecule has 1 aliphatic carbocycles. The van der Waals surface area contributed by atoms with Crippen LogP contribution in [-0.4, -0.2) is 22.2 Å². The normalized spacial score (nSPS) is 22.1. The van der Waals surface area contributed by atoms with E-state index in [1.807, 2.05) is 30.3 Å². The molecule has 2 N–H and O–H groups in total. The summed E-state index contributed by atoms with van der Waals surface area (Å²) in [5, 5.41) is 14.6. The van der Waals surface area contributed by atoms with Crippen molar-refractivity contribution in [2.75, 3.05) is 11.9 Å². The second kappa shape index (κ2) is 6.94. The van der Waals surface area contributed by atoms with E-state index in [1.54, 1.807) is 6.07 Å². The minimum Gasteiger partial charge on any atom is -0.388 e. The van der Waals surface area contributed by atoms with Gasteiger partial charge in [-0.25, -0.2) is 4.98 Å². The number of hydrogen-bond acceptors (Lipinski definition) is 3. The Morgan fingerprint density at radius 2 is 1.82 bits per heavy atom. The van der Waals surface area contributed by atoms with Crippen LogP contribution in [0.4, 0.5) is 18.9 Å². The maximum absolute atomic E-state index is 13.2. The largest absolute Gasteiger partial charge is 0.433 e. The van der Waals surface area contributed by atoms with E-state index in [2.05, 4.69) is 10.3 Å². The quantitative estimate of drug-likeness (QED) is 0.590. The second-order valence-electron chi connectivity index (χ2n) is 7.31. The number of nitrogens with one attached hydrogen (secondary N) is 1. The standard InChI is InChI=1S/C21H18ClF3N2O/c22-15-6-7-17-16(8-15)18(9-19(27-17)21(23,24)25)26-12-20(28)10-14(11-20)13-4-2-1-3-5-13/h1-9,14,28H,10-12H2,(H,26,27). The molecule has 0 bridgehead atoms. The fourth-order valence-corrected chi connectivity index (χ4v) is 3.88. The van der Waals surface area contributed by atoms with Gasteiger partial charge >= 0.3 is 6.18 Å². The molecule has 0 spiro atoms. The van der Waals surface area contributed by atoms with E-state index in [1.165, 1.54) is 12.1 Å². The van der Waals surface area contributed by atoms with E-state index in [0.717, 1.165) is 11.6 Å². The Kier molecular flexibility index (Phi) is 4.71. The zero-order chi connectivity index (χ0) is 19.9. The average molecular weight is 407 g/mol. The van der Waals surface area contributed by atoms with E-state index in [4.69, 9.17) is 11.6 Å². The number of benzene rings is 2. The number of alkyl halides is 3. The number of nitrogens with zero attached hydrogens (tertiary/aromatic N) is 1. The van der Waals surface area contributed by atoms with Gasteiger partial charge < -0.3 is 10.4 Å². The number of hydrogen-bond donors (Lipinski definition) is 2. The van der Waals surface area contributed by atoms with Crippen LogP contribution in [0.1, 0.15) is 30.0 Å². The summed E-state index contributed by atoms with van der Waals surface area (Å²) in [7, 11) is 0. The van der Waals surface area contributed by atoms with Gasteiger partial charge in [0.1, 0.15) is 5.69 Å². The monoisotopic (exact) mass is 406 g/mol. The molecule has 0 atom stereocenters. The fourth-order valence-electron chi connectivity index (χ4n) is 3.71. The van der Waals surface area contributed by atoms with Crippen molar-refractivity contribution in [3.05, 3.63) is 70.9 Å². The SMILES string of the molecule is OC1(CNc2cc(C(F)(F)F)nc3ccc(Cl)cc23)CC(c2ccccc2)C1. The van der Waals surface area contributed by atoms with E-state index in [-0.39, 0.29) is 23.7 Å². The highest BCUT2D eigenvalue weighted by Crippen LogP contribution is 2.45. The molecule has 28 heavy (non-hydrogen) atoms. The van der Waals surface area contributed by atoms with Gasteiger partial charge in [0.15, 0.2) is 0 Å². The van der Waals surface area contributed by atoms with Crippen LogP contribution in [0.3, 0.4) is 0 Å². The molecular formula is C21H18ClF3N2O. The number of aromatic nitrogens is 1. The lowest BCUT2D eigenvalue weighted by Crippen LogP contribution is -2.48. The summed E-state index contributed by atoms with van der Waals surface area (Å²) in [6.07, 6.45) is -3.45. The highest BCUT2D eigenvalue weighted by Gasteiger charge is 2.43. The van der Waals surface area contributed by atoms with E-state index in [0.29, 0.717) is 23.3 Å². The van der Waals surface area contributed by atoms with E-state index >= 15 is 0 Å². The first-order chi connectivity index (χ1) is 13.2. The first-order valence-corrected chi connectivity index (χ1v) is 9.30. The van der Waals surface area contributed by atoms with Gasteiger partial charge in [-0.2, -0.15) is 13.2 Å². The molecule has 2 aromatic carbocycles. The van der Waals surface area contributed by atoms with Crippen LogP contribution in [0.25, 0.3) is 10.9 Å². The van der Waals surface area contributed by atoms with Crippen LogP contribution in [-0.2, 0) is 6.18 Å². The van der Waals surface area contributed by atoms with Gasteiger partial charge in [-0.15, -0.1) is 0 Å². The summed E-state index contributed by atoms with van der Waals surface area (Å²) in [6.45, 7) is 0.152. The molecule has 1 saturated carbocycles. The van der Waals surface area contributed by atoms with Crippen molar-refractivity contribution in [2.45, 2.75) is 30.5 Å². The summed E-state index contributed by atoms with van der Waals surface area (Å²) < 4.78 is 39.6. The van der Waals surface area contributed by atoms with Gasteiger partial charge in [-0.1, -0.05) is 41.9 Å². The van der Waals surface area contributed by atoms with Crippen molar-refractivity contribution in [1.29, 1.82) is 0 Å². The number of anilines is 1. The Hall–Kier alpha value is -2.31. The van der Waals surface area contributed by atoms with Crippen LogP contribution in [0, 0.1) is 0 Å². The van der Waals surface area contributed by atoms with Crippen LogP contribution >= 0.6 is 11.6 Å². The van der Waals surface area contributed by atoms with Gasteiger partial charge in [0.05, 0.1) is 11.1 Å². The third kappa shape index (κ3) is 3.80. The molecule has 0 saturated heterocycles. The first-order valence-electron chi connectivity index (χ1n) is 8.92. The zero-order valence-electron chi connectivity index (χ0n) is 14.8. The lowest BCUT2D eigenvalue weighted by atomic mass is 9.68. The summed E-state index contributed by atoms with van der Waals surface area (Å²) in [5.41, 5.74) is -0.325. The Balaban J connectivity index is 1.55. The number of fused-ring (bicyclic) bond motifs is 1. The van der Waals surface area contributed by atoms with E-state index in [9.17, 15) is 18.3 Å². The van der Waals surface area contributed by atoms with Crippen molar-refractivity contribution < 1.29 is 18.3 Å². The van der Waals surface area contributed by atoms with Gasteiger partial charge in [-0.3, -0.25) is 0 Å². The lowest BCUT2D eigenvalue weighted by molar-refractivity contribution is -0.140. The molecule has 1 heterocycles. The molecule has 0 radical (unpaired) electrons. The molecule has 0 aliphatic heterocycles. The number of halogens is 4. The Bertz CT molecular complexity index is 1000. The first kappa shape index (κ1) is 19.0. The molecule has 1 fully saturated rings. The van der Waals surface area contributed by atoms with Crippen LogP contribution in [0.5, 0.6) is 0 Å². The van der Waals surface area contributed by atoms with Crippen LogP contribution < -0.4 is 5.32 Å². The van der Waals surface area contributed by atoms with Gasteiger partial charge in [0, 0.05) is 22.6 Å². The lowest BCUT2D eigenvalue weighted by Gasteiger charge is -2.44. The minimum absolute atomic E-state index is 0.152. The topological polar surface area (TPSA) is 45.1 Å². The molecular weight excluding hydrogens is 389 g/mol. The number of aliphatic hydroxyl groups is 1. The predicted molar refractivity (Wildman–Crippen MR) is 104 cm³/mol. The summed E-state index contributed by atoms with van der Waals surface area (Å²) in [6, 6.07) is 15.4. The molecule has 4 rings (SSSR count). The number of rotatable bonds is 4. The molecule has 3 aromatic rings. The smallest absolute Gasteiger partial charge is 0.388 e. The molecule has 0 unspecified atom stereocenters. The molecule has 0 amide bonds. The Morgan fingerprint density at radius 3 is 2.50 bits per heavy atom. The number of pyridine rings is 1. The highest BCUT2D eigenvalue weighted by atomic mass is 35.5. The second-order valence-corrected chi connectivity index (χ2v) is 7.74. The Labute approximate surface area is 165 Å². The zero-order valence-corrected chi connectivity index (χ0v) is 15.6. The van der Waals surface area contributed by atoms with Crippen molar-refractivity contribution in [2.24, 2.45) is 0 Å². The predicted octanol–water partition coefficient (Wildman–Crippen LogP) is 5.63. The highest BCUT2D eigenvalue weighted by molar-refractivity contribution is 6.31.